The molecule has 0 saturated carbocycles. The van der Waals surface area contributed by atoms with E-state index in [0.29, 0.717) is 12.0 Å². The van der Waals surface area contributed by atoms with Gasteiger partial charge in [-0.25, -0.2) is 9.59 Å². The Morgan fingerprint density at radius 3 is 1.94 bits per heavy atom. The van der Waals surface area contributed by atoms with Crippen LogP contribution < -0.4 is 16.1 Å². The van der Waals surface area contributed by atoms with Gasteiger partial charge in [0.05, 0.1) is 18.7 Å². The van der Waals surface area contributed by atoms with Crippen molar-refractivity contribution in [2.45, 2.75) is 39.7 Å². The van der Waals surface area contributed by atoms with Crippen molar-refractivity contribution in [2.24, 2.45) is 0 Å². The van der Waals surface area contributed by atoms with Crippen LogP contribution in [0, 0.1) is 20.8 Å². The van der Waals surface area contributed by atoms with Gasteiger partial charge in [0.25, 0.3) is 5.91 Å². The first-order chi connectivity index (χ1) is 24.7. The fourth-order valence-corrected chi connectivity index (χ4v) is 6.69. The lowest BCUT2D eigenvalue weighted by Crippen LogP contribution is -2.50. The van der Waals surface area contributed by atoms with Crippen LogP contribution in [0.4, 0.5) is 4.79 Å². The molecule has 6 rings (SSSR count). The Labute approximate surface area is 295 Å². The number of carbonyl (C=O) groups is 4. The number of alkyl carbamates (subject to hydrolysis) is 1. The van der Waals surface area contributed by atoms with Crippen LogP contribution in [0.1, 0.15) is 38.2 Å². The van der Waals surface area contributed by atoms with Crippen LogP contribution >= 0.6 is 0 Å². The molecule has 0 aromatic heterocycles. The number of nitrogens with one attached hydrogen (secondary N) is 3. The van der Waals surface area contributed by atoms with E-state index < -0.39 is 36.5 Å². The number of amides is 3. The summed E-state index contributed by atoms with van der Waals surface area (Å²) in [6.07, 6.45) is -0.156. The first-order valence-corrected chi connectivity index (χ1v) is 16.8. The molecule has 9 heteroatoms. The molecule has 0 spiro atoms. The number of aryl methyl sites for hydroxylation is 3. The first-order valence-electron chi connectivity index (χ1n) is 16.8. The van der Waals surface area contributed by atoms with Crippen molar-refractivity contribution >= 4 is 56.2 Å². The second-order valence-corrected chi connectivity index (χ2v) is 12.6. The van der Waals surface area contributed by atoms with Gasteiger partial charge in [0, 0.05) is 12.8 Å². The molecular weight excluding hydrogens is 642 g/mol. The van der Waals surface area contributed by atoms with Gasteiger partial charge in [-0.2, -0.15) is 5.48 Å². The third-order valence-corrected chi connectivity index (χ3v) is 8.94. The Kier molecular flexibility index (Phi) is 10.6. The zero-order valence-electron chi connectivity index (χ0n) is 28.7. The number of fused-ring (bicyclic) bond motifs is 3. The summed E-state index contributed by atoms with van der Waals surface area (Å²) in [4.78, 5) is 57.1. The molecule has 0 fully saturated rings. The minimum Gasteiger partial charge on any atom is -0.449 e. The summed E-state index contributed by atoms with van der Waals surface area (Å²) < 4.78 is 5.64. The number of hydrogen-bond acceptors (Lipinski definition) is 6. The first kappa shape index (κ1) is 34.6. The molecule has 3 N–H and O–H groups in total. The highest BCUT2D eigenvalue weighted by Crippen LogP contribution is 2.29. The van der Waals surface area contributed by atoms with E-state index in [1.807, 2.05) is 85.8 Å². The normalized spacial score (nSPS) is 11.6. The standard InChI is InChI=1S/C42H39N3O6/c1-26-21-27(2)39(28(3)22-26)41(48)51-45-38(46)25-43-40(47)37(24-32-15-10-14-29-11-4-7-16-33(29)32)44-42(49)50-20-19-36-34-17-8-5-12-30(34)23-31-13-6-9-18-35(31)36/h4-18,21-23,37H,19-20,24-25H2,1-3H3,(H,43,47)(H,44,49)(H,45,46)/t37-/m0/s1. The minimum atomic E-state index is -1.07. The van der Waals surface area contributed by atoms with E-state index >= 15 is 0 Å². The molecule has 0 aliphatic carbocycles. The Hall–Kier alpha value is -6.22. The second-order valence-electron chi connectivity index (χ2n) is 12.6. The molecule has 258 valence electrons. The summed E-state index contributed by atoms with van der Waals surface area (Å²) in [6, 6.07) is 34.5. The van der Waals surface area contributed by atoms with Crippen molar-refractivity contribution < 1.29 is 28.8 Å². The molecule has 0 bridgehead atoms. The molecule has 6 aromatic rings. The van der Waals surface area contributed by atoms with E-state index in [4.69, 9.17) is 9.57 Å². The summed E-state index contributed by atoms with van der Waals surface area (Å²) in [7, 11) is 0. The van der Waals surface area contributed by atoms with Crippen molar-refractivity contribution in [3.63, 3.8) is 0 Å². The molecule has 0 unspecified atom stereocenters. The van der Waals surface area contributed by atoms with Crippen molar-refractivity contribution in [2.75, 3.05) is 13.2 Å². The molecular formula is C42H39N3O6. The number of benzene rings is 6. The van der Waals surface area contributed by atoms with E-state index in [9.17, 15) is 19.2 Å². The fourth-order valence-electron chi connectivity index (χ4n) is 6.69. The lowest BCUT2D eigenvalue weighted by atomic mass is 9.95. The average Bonchev–Trinajstić information content (AvgIpc) is 3.12. The van der Waals surface area contributed by atoms with Crippen LogP contribution in [0.2, 0.25) is 0 Å². The summed E-state index contributed by atoms with van der Waals surface area (Å²) in [6.45, 7) is 5.10. The molecule has 0 radical (unpaired) electrons. The second kappa shape index (κ2) is 15.6. The van der Waals surface area contributed by atoms with Gasteiger partial charge in [0.1, 0.15) is 6.04 Å². The van der Waals surface area contributed by atoms with Crippen LogP contribution in [0.25, 0.3) is 32.3 Å². The van der Waals surface area contributed by atoms with Gasteiger partial charge in [0.15, 0.2) is 0 Å². The zero-order valence-corrected chi connectivity index (χ0v) is 28.7. The zero-order chi connectivity index (χ0) is 35.9. The van der Waals surface area contributed by atoms with Gasteiger partial charge in [-0.3, -0.25) is 9.59 Å². The molecule has 0 aliphatic rings. The third kappa shape index (κ3) is 8.16. The van der Waals surface area contributed by atoms with Crippen LogP contribution in [-0.4, -0.2) is 43.1 Å². The maximum Gasteiger partial charge on any atom is 0.407 e. The van der Waals surface area contributed by atoms with Gasteiger partial charge in [-0.1, -0.05) is 109 Å². The quantitative estimate of drug-likeness (QED) is 0.106. The summed E-state index contributed by atoms with van der Waals surface area (Å²) in [5.74, 6) is -2.06. The van der Waals surface area contributed by atoms with Gasteiger partial charge < -0.3 is 20.2 Å². The summed E-state index contributed by atoms with van der Waals surface area (Å²) in [5.41, 5.74) is 6.82. The smallest absolute Gasteiger partial charge is 0.407 e. The largest absolute Gasteiger partial charge is 0.449 e. The minimum absolute atomic E-state index is 0.0835. The predicted molar refractivity (Wildman–Crippen MR) is 198 cm³/mol. The molecule has 0 saturated heterocycles. The van der Waals surface area contributed by atoms with Crippen molar-refractivity contribution in [3.05, 3.63) is 143 Å². The highest BCUT2D eigenvalue weighted by atomic mass is 16.7. The van der Waals surface area contributed by atoms with Crippen molar-refractivity contribution in [1.82, 2.24) is 16.1 Å². The van der Waals surface area contributed by atoms with E-state index in [-0.39, 0.29) is 13.0 Å². The third-order valence-electron chi connectivity index (χ3n) is 8.94. The van der Waals surface area contributed by atoms with E-state index in [1.54, 1.807) is 13.8 Å². The molecule has 6 aromatic carbocycles. The van der Waals surface area contributed by atoms with Gasteiger partial charge in [-0.15, -0.1) is 0 Å². The number of hydrogen-bond donors (Lipinski definition) is 3. The van der Waals surface area contributed by atoms with E-state index in [0.717, 1.165) is 60.1 Å². The molecule has 3 amide bonds. The number of carbonyl (C=O) groups excluding carboxylic acids is 4. The van der Waals surface area contributed by atoms with Crippen LogP contribution in [0.3, 0.4) is 0 Å². The Morgan fingerprint density at radius 2 is 1.27 bits per heavy atom. The molecule has 51 heavy (non-hydrogen) atoms. The maximum absolute atomic E-state index is 13.5. The predicted octanol–water partition coefficient (Wildman–Crippen LogP) is 6.96. The molecule has 1 atom stereocenters. The number of ether oxygens (including phenoxy) is 1. The van der Waals surface area contributed by atoms with Gasteiger partial charge in [-0.05, 0) is 81.4 Å². The highest BCUT2D eigenvalue weighted by Gasteiger charge is 2.24. The van der Waals surface area contributed by atoms with Crippen LogP contribution in [0.15, 0.2) is 109 Å². The van der Waals surface area contributed by atoms with Gasteiger partial charge in [0.2, 0.25) is 5.91 Å². The Morgan fingerprint density at radius 1 is 0.686 bits per heavy atom. The van der Waals surface area contributed by atoms with Crippen molar-refractivity contribution in [3.8, 4) is 0 Å². The van der Waals surface area contributed by atoms with Crippen molar-refractivity contribution in [1.29, 1.82) is 0 Å². The average molecular weight is 682 g/mol. The SMILES string of the molecule is Cc1cc(C)c(C(=O)ONC(=O)CNC(=O)[C@H](Cc2cccc3ccccc23)NC(=O)OCCc2c3ccccc3cc3ccccc23)c(C)c1. The Bertz CT molecular complexity index is 2200. The maximum atomic E-state index is 13.5. The van der Waals surface area contributed by atoms with Crippen LogP contribution in [0.5, 0.6) is 0 Å². The number of rotatable bonds is 10. The lowest BCUT2D eigenvalue weighted by Gasteiger charge is -2.19. The molecule has 9 nitrogen and oxygen atoms in total. The lowest BCUT2D eigenvalue weighted by molar-refractivity contribution is -0.132. The molecule has 0 heterocycles. The Balaban J connectivity index is 1.12. The topological polar surface area (TPSA) is 123 Å². The summed E-state index contributed by atoms with van der Waals surface area (Å²) in [5, 5.41) is 11.6. The van der Waals surface area contributed by atoms with Crippen LogP contribution in [-0.2, 0) is 32.0 Å². The summed E-state index contributed by atoms with van der Waals surface area (Å²) >= 11 is 0. The molecule has 0 aliphatic heterocycles. The fraction of sp³-hybridized carbons (Fsp3) is 0.190. The van der Waals surface area contributed by atoms with Gasteiger partial charge >= 0.3 is 12.1 Å². The van der Waals surface area contributed by atoms with E-state index in [2.05, 4.69) is 46.4 Å². The highest BCUT2D eigenvalue weighted by molar-refractivity contribution is 6.02. The number of hydroxylamine groups is 1. The van der Waals surface area contributed by atoms with E-state index in [1.165, 1.54) is 0 Å². The monoisotopic (exact) mass is 681 g/mol.